The van der Waals surface area contributed by atoms with E-state index in [0.29, 0.717) is 30.8 Å². The first-order valence-corrected chi connectivity index (χ1v) is 10.4. The van der Waals surface area contributed by atoms with Crippen LogP contribution >= 0.6 is 15.9 Å². The van der Waals surface area contributed by atoms with Gasteiger partial charge in [0, 0.05) is 37.1 Å². The molecule has 6 nitrogen and oxygen atoms in total. The van der Waals surface area contributed by atoms with Crippen LogP contribution in [0.5, 0.6) is 0 Å². The van der Waals surface area contributed by atoms with Crippen molar-refractivity contribution < 1.29 is 18.8 Å². The maximum absolute atomic E-state index is 13.2. The number of hydrogen-bond donors (Lipinski definition) is 0. The van der Waals surface area contributed by atoms with Gasteiger partial charge in [0.05, 0.1) is 11.1 Å². The number of hydrogen-bond acceptors (Lipinski definition) is 4. The Bertz CT molecular complexity index is 963. The highest BCUT2D eigenvalue weighted by Crippen LogP contribution is 2.26. The third kappa shape index (κ3) is 5.12. The number of halogens is 2. The normalized spacial score (nSPS) is 13.2. The Kier molecular flexibility index (Phi) is 6.99. The van der Waals surface area contributed by atoms with Gasteiger partial charge < -0.3 is 9.80 Å². The highest BCUT2D eigenvalue weighted by Gasteiger charge is 2.35. The molecule has 0 bridgehead atoms. The van der Waals surface area contributed by atoms with E-state index in [1.54, 1.807) is 35.2 Å². The molecule has 0 atom stereocenters. The Morgan fingerprint density at radius 1 is 1.00 bits per heavy atom. The van der Waals surface area contributed by atoms with Crippen molar-refractivity contribution >= 4 is 33.7 Å². The van der Waals surface area contributed by atoms with Crippen LogP contribution in [-0.2, 0) is 11.3 Å². The highest BCUT2D eigenvalue weighted by atomic mass is 79.9. The predicted octanol–water partition coefficient (Wildman–Crippen LogP) is 3.16. The standard InChI is InChI=1S/C22H23BrFN3O3/c1-25(2)11-12-26(14-15-3-6-17(24)7-4-15)20(28)9-10-27-21(29)18-8-5-16(23)13-19(18)22(27)30/h3-8,13H,9-12,14H2,1-2H3. The van der Waals surface area contributed by atoms with Crippen LogP contribution in [0.4, 0.5) is 4.39 Å². The lowest BCUT2D eigenvalue weighted by atomic mass is 10.1. The van der Waals surface area contributed by atoms with E-state index in [-0.39, 0.29) is 36.5 Å². The van der Waals surface area contributed by atoms with E-state index >= 15 is 0 Å². The fourth-order valence-electron chi connectivity index (χ4n) is 3.25. The summed E-state index contributed by atoms with van der Waals surface area (Å²) in [5.74, 6) is -1.27. The van der Waals surface area contributed by atoms with Crippen molar-refractivity contribution in [3.63, 3.8) is 0 Å². The van der Waals surface area contributed by atoms with Crippen LogP contribution in [0.2, 0.25) is 0 Å². The second-order valence-electron chi connectivity index (χ2n) is 7.45. The molecular formula is C22H23BrFN3O3. The van der Waals surface area contributed by atoms with Gasteiger partial charge in [-0.15, -0.1) is 0 Å². The number of amides is 3. The minimum Gasteiger partial charge on any atom is -0.337 e. The molecule has 0 fully saturated rings. The molecule has 1 heterocycles. The third-order valence-electron chi connectivity index (χ3n) is 4.94. The molecule has 0 unspecified atom stereocenters. The zero-order valence-electron chi connectivity index (χ0n) is 16.9. The second-order valence-corrected chi connectivity index (χ2v) is 8.36. The number of fused-ring (bicyclic) bond motifs is 1. The molecule has 158 valence electrons. The average Bonchev–Trinajstić information content (AvgIpc) is 2.94. The Labute approximate surface area is 183 Å². The largest absolute Gasteiger partial charge is 0.337 e. The van der Waals surface area contributed by atoms with Crippen LogP contribution in [0.25, 0.3) is 0 Å². The van der Waals surface area contributed by atoms with Crippen molar-refractivity contribution in [1.29, 1.82) is 0 Å². The van der Waals surface area contributed by atoms with Crippen LogP contribution in [0.3, 0.4) is 0 Å². The summed E-state index contributed by atoms with van der Waals surface area (Å²) < 4.78 is 13.9. The molecule has 3 amide bonds. The van der Waals surface area contributed by atoms with Gasteiger partial charge in [0.1, 0.15) is 5.82 Å². The fourth-order valence-corrected chi connectivity index (χ4v) is 3.62. The third-order valence-corrected chi connectivity index (χ3v) is 5.43. The molecule has 1 aliphatic heterocycles. The summed E-state index contributed by atoms with van der Waals surface area (Å²) in [4.78, 5) is 42.8. The predicted molar refractivity (Wildman–Crippen MR) is 114 cm³/mol. The number of imide groups is 1. The molecule has 0 saturated carbocycles. The summed E-state index contributed by atoms with van der Waals surface area (Å²) in [7, 11) is 3.83. The summed E-state index contributed by atoms with van der Waals surface area (Å²) in [6.07, 6.45) is 0.0290. The lowest BCUT2D eigenvalue weighted by molar-refractivity contribution is -0.132. The topological polar surface area (TPSA) is 60.9 Å². The van der Waals surface area contributed by atoms with E-state index in [4.69, 9.17) is 0 Å². The number of likely N-dealkylation sites (N-methyl/N-ethyl adjacent to an activating group) is 1. The first kappa shape index (κ1) is 22.1. The molecule has 0 saturated heterocycles. The number of rotatable bonds is 8. The zero-order valence-corrected chi connectivity index (χ0v) is 18.5. The van der Waals surface area contributed by atoms with Crippen LogP contribution in [0, 0.1) is 5.82 Å². The monoisotopic (exact) mass is 475 g/mol. The van der Waals surface area contributed by atoms with E-state index in [1.165, 1.54) is 12.1 Å². The maximum Gasteiger partial charge on any atom is 0.261 e. The minimum atomic E-state index is -0.387. The molecule has 0 radical (unpaired) electrons. The van der Waals surface area contributed by atoms with Gasteiger partial charge in [-0.2, -0.15) is 0 Å². The Balaban J connectivity index is 1.67. The van der Waals surface area contributed by atoms with Crippen molar-refractivity contribution in [3.8, 4) is 0 Å². The van der Waals surface area contributed by atoms with E-state index < -0.39 is 0 Å². The molecule has 8 heteroatoms. The van der Waals surface area contributed by atoms with Crippen LogP contribution < -0.4 is 0 Å². The molecule has 1 aliphatic rings. The molecule has 0 aliphatic carbocycles. The number of benzene rings is 2. The van der Waals surface area contributed by atoms with Crippen molar-refractivity contribution in [3.05, 3.63) is 69.4 Å². The van der Waals surface area contributed by atoms with Gasteiger partial charge in [0.15, 0.2) is 0 Å². The van der Waals surface area contributed by atoms with E-state index in [9.17, 15) is 18.8 Å². The molecule has 0 aromatic heterocycles. The van der Waals surface area contributed by atoms with Crippen molar-refractivity contribution in [2.45, 2.75) is 13.0 Å². The molecule has 0 spiro atoms. The zero-order chi connectivity index (χ0) is 21.8. The molecular weight excluding hydrogens is 453 g/mol. The Morgan fingerprint density at radius 2 is 1.67 bits per heavy atom. The van der Waals surface area contributed by atoms with Crippen LogP contribution in [0.15, 0.2) is 46.9 Å². The van der Waals surface area contributed by atoms with Gasteiger partial charge in [0.25, 0.3) is 11.8 Å². The van der Waals surface area contributed by atoms with Gasteiger partial charge in [-0.05, 0) is 50.0 Å². The van der Waals surface area contributed by atoms with Crippen LogP contribution in [-0.4, -0.2) is 66.2 Å². The SMILES string of the molecule is CN(C)CCN(Cc1ccc(F)cc1)C(=O)CCN1C(=O)c2ccc(Br)cc2C1=O. The number of nitrogens with zero attached hydrogens (tertiary/aromatic N) is 3. The Hall–Kier alpha value is -2.58. The molecule has 3 rings (SSSR count). The van der Waals surface area contributed by atoms with Gasteiger partial charge in [-0.1, -0.05) is 28.1 Å². The summed E-state index contributed by atoms with van der Waals surface area (Å²) in [5, 5.41) is 0. The quantitative estimate of drug-likeness (QED) is 0.550. The molecule has 30 heavy (non-hydrogen) atoms. The van der Waals surface area contributed by atoms with Gasteiger partial charge in [-0.25, -0.2) is 4.39 Å². The first-order valence-electron chi connectivity index (χ1n) is 9.59. The van der Waals surface area contributed by atoms with Crippen LogP contribution in [0.1, 0.15) is 32.7 Å². The summed E-state index contributed by atoms with van der Waals surface area (Å²) >= 11 is 3.31. The summed E-state index contributed by atoms with van der Waals surface area (Å²) in [6, 6.07) is 11.0. The number of carbonyl (C=O) groups excluding carboxylic acids is 3. The minimum absolute atomic E-state index is 0.0185. The second kappa shape index (κ2) is 9.49. The highest BCUT2D eigenvalue weighted by molar-refractivity contribution is 9.10. The van der Waals surface area contributed by atoms with Gasteiger partial charge in [0.2, 0.25) is 5.91 Å². The smallest absolute Gasteiger partial charge is 0.261 e. The van der Waals surface area contributed by atoms with E-state index in [2.05, 4.69) is 15.9 Å². The lowest BCUT2D eigenvalue weighted by Crippen LogP contribution is -2.39. The summed E-state index contributed by atoms with van der Waals surface area (Å²) in [6.45, 7) is 1.50. The Morgan fingerprint density at radius 3 is 2.33 bits per heavy atom. The lowest BCUT2D eigenvalue weighted by Gasteiger charge is -2.25. The van der Waals surface area contributed by atoms with Crippen molar-refractivity contribution in [2.24, 2.45) is 0 Å². The van der Waals surface area contributed by atoms with E-state index in [1.807, 2.05) is 19.0 Å². The fraction of sp³-hybridized carbons (Fsp3) is 0.318. The average molecular weight is 476 g/mol. The molecule has 0 N–H and O–H groups in total. The van der Waals surface area contributed by atoms with E-state index in [0.717, 1.165) is 14.9 Å². The first-order chi connectivity index (χ1) is 14.3. The number of carbonyl (C=O) groups is 3. The van der Waals surface area contributed by atoms with Gasteiger partial charge in [-0.3, -0.25) is 19.3 Å². The van der Waals surface area contributed by atoms with Gasteiger partial charge >= 0.3 is 0 Å². The molecule has 2 aromatic carbocycles. The summed E-state index contributed by atoms with van der Waals surface area (Å²) in [5.41, 5.74) is 1.51. The molecule has 2 aromatic rings. The maximum atomic E-state index is 13.2. The van der Waals surface area contributed by atoms with Crippen molar-refractivity contribution in [1.82, 2.24) is 14.7 Å². The van der Waals surface area contributed by atoms with Crippen molar-refractivity contribution in [2.75, 3.05) is 33.7 Å².